The minimum absolute atomic E-state index is 0.143. The van der Waals surface area contributed by atoms with E-state index in [9.17, 15) is 9.59 Å². The predicted molar refractivity (Wildman–Crippen MR) is 108 cm³/mol. The van der Waals surface area contributed by atoms with Gasteiger partial charge < -0.3 is 14.5 Å². The van der Waals surface area contributed by atoms with Crippen LogP contribution in [0.1, 0.15) is 60.0 Å². The van der Waals surface area contributed by atoms with Gasteiger partial charge in [0.2, 0.25) is 5.91 Å². The second-order valence-corrected chi connectivity index (χ2v) is 9.08. The summed E-state index contributed by atoms with van der Waals surface area (Å²) in [5.41, 5.74) is 3.23. The zero-order chi connectivity index (χ0) is 19.7. The van der Waals surface area contributed by atoms with Gasteiger partial charge in [-0.1, -0.05) is 17.2 Å². The number of hydrogen-bond donors (Lipinski definition) is 0. The number of piperidine rings is 2. The number of rotatable bonds is 3. The molecule has 1 aromatic carbocycles. The largest absolute Gasteiger partial charge is 0.376 e. The summed E-state index contributed by atoms with van der Waals surface area (Å²) in [5.74, 6) is 0.416. The van der Waals surface area contributed by atoms with Gasteiger partial charge in [0.25, 0.3) is 5.91 Å². The monoisotopic (exact) mass is 384 g/mol. The van der Waals surface area contributed by atoms with E-state index in [1.807, 2.05) is 35.8 Å². The van der Waals surface area contributed by atoms with Crippen molar-refractivity contribution in [2.24, 2.45) is 5.41 Å². The van der Waals surface area contributed by atoms with Crippen molar-refractivity contribution in [2.45, 2.75) is 58.5 Å². The fourth-order valence-electron chi connectivity index (χ4n) is 5.18. The maximum absolute atomic E-state index is 13.0. The molecule has 1 unspecified atom stereocenters. The van der Waals surface area contributed by atoms with Gasteiger partial charge in [-0.2, -0.15) is 0 Å². The Hall–Kier alpha value is -1.88. The van der Waals surface area contributed by atoms with Gasteiger partial charge in [-0.25, -0.2) is 0 Å². The first-order chi connectivity index (χ1) is 13.4. The van der Waals surface area contributed by atoms with E-state index in [0.29, 0.717) is 6.42 Å². The Kier molecular flexibility index (Phi) is 5.46. The lowest BCUT2D eigenvalue weighted by Gasteiger charge is -2.47. The highest BCUT2D eigenvalue weighted by molar-refractivity contribution is 5.94. The zero-order valence-electron chi connectivity index (χ0n) is 17.2. The minimum Gasteiger partial charge on any atom is -0.376 e. The van der Waals surface area contributed by atoms with Gasteiger partial charge in [-0.05, 0) is 63.5 Å². The zero-order valence-corrected chi connectivity index (χ0v) is 17.2. The van der Waals surface area contributed by atoms with Gasteiger partial charge in [-0.15, -0.1) is 0 Å². The third-order valence-corrected chi connectivity index (χ3v) is 6.78. The minimum atomic E-state index is 0.143. The number of carbonyl (C=O) groups excluding carboxylic acids is 2. The number of carbonyl (C=O) groups is 2. The van der Waals surface area contributed by atoms with Gasteiger partial charge in [0, 0.05) is 44.8 Å². The second kappa shape index (κ2) is 7.86. The van der Waals surface area contributed by atoms with Crippen molar-refractivity contribution in [1.82, 2.24) is 9.80 Å². The van der Waals surface area contributed by atoms with E-state index >= 15 is 0 Å². The van der Waals surface area contributed by atoms with Crippen molar-refractivity contribution in [2.75, 3.05) is 32.8 Å². The molecule has 152 valence electrons. The molecule has 0 N–H and O–H groups in total. The van der Waals surface area contributed by atoms with Gasteiger partial charge in [-0.3, -0.25) is 9.59 Å². The Morgan fingerprint density at radius 2 is 1.86 bits per heavy atom. The van der Waals surface area contributed by atoms with Crippen LogP contribution in [0.5, 0.6) is 0 Å². The molecule has 1 spiro atoms. The van der Waals surface area contributed by atoms with E-state index in [2.05, 4.69) is 6.07 Å². The SMILES string of the molecule is Cc1cc(C)cc(C(=O)N2CCC3(CCC(=O)N(CC4CCCO4)C3)CC2)c1. The summed E-state index contributed by atoms with van der Waals surface area (Å²) in [5, 5.41) is 0. The van der Waals surface area contributed by atoms with E-state index in [-0.39, 0.29) is 23.3 Å². The molecule has 0 saturated carbocycles. The molecule has 5 heteroatoms. The molecule has 28 heavy (non-hydrogen) atoms. The van der Waals surface area contributed by atoms with E-state index < -0.39 is 0 Å². The van der Waals surface area contributed by atoms with Gasteiger partial charge in [0.15, 0.2) is 0 Å². The number of ether oxygens (including phenoxy) is 1. The molecule has 4 rings (SSSR count). The highest BCUT2D eigenvalue weighted by Crippen LogP contribution is 2.40. The van der Waals surface area contributed by atoms with Crippen LogP contribution in [0.4, 0.5) is 0 Å². The molecule has 0 aliphatic carbocycles. The quantitative estimate of drug-likeness (QED) is 0.803. The molecular weight excluding hydrogens is 352 g/mol. The molecule has 1 atom stereocenters. The lowest BCUT2D eigenvalue weighted by molar-refractivity contribution is -0.141. The van der Waals surface area contributed by atoms with Crippen LogP contribution in [0.3, 0.4) is 0 Å². The molecule has 0 aromatic heterocycles. The number of aryl methyl sites for hydroxylation is 2. The Balaban J connectivity index is 1.38. The van der Waals surface area contributed by atoms with Gasteiger partial charge in [0.05, 0.1) is 6.10 Å². The number of nitrogens with zero attached hydrogens (tertiary/aromatic N) is 2. The lowest BCUT2D eigenvalue weighted by atomic mass is 9.72. The highest BCUT2D eigenvalue weighted by Gasteiger charge is 2.42. The maximum atomic E-state index is 13.0. The van der Waals surface area contributed by atoms with Gasteiger partial charge >= 0.3 is 0 Å². The van der Waals surface area contributed by atoms with Crippen LogP contribution in [0.15, 0.2) is 18.2 Å². The fourth-order valence-corrected chi connectivity index (χ4v) is 5.18. The third kappa shape index (κ3) is 4.09. The molecule has 3 aliphatic heterocycles. The average molecular weight is 385 g/mol. The number of benzene rings is 1. The Morgan fingerprint density at radius 1 is 1.14 bits per heavy atom. The lowest BCUT2D eigenvalue weighted by Crippen LogP contribution is -2.53. The maximum Gasteiger partial charge on any atom is 0.253 e. The van der Waals surface area contributed by atoms with Crippen LogP contribution < -0.4 is 0 Å². The molecule has 3 aliphatic rings. The second-order valence-electron chi connectivity index (χ2n) is 9.08. The third-order valence-electron chi connectivity index (χ3n) is 6.78. The summed E-state index contributed by atoms with van der Waals surface area (Å²) < 4.78 is 5.75. The predicted octanol–water partition coefficient (Wildman–Crippen LogP) is 3.33. The van der Waals surface area contributed by atoms with Crippen LogP contribution in [0.2, 0.25) is 0 Å². The molecule has 5 nitrogen and oxygen atoms in total. The molecule has 0 bridgehead atoms. The number of hydrogen-bond acceptors (Lipinski definition) is 3. The number of likely N-dealkylation sites (tertiary alicyclic amines) is 2. The van der Waals surface area contributed by atoms with E-state index in [1.54, 1.807) is 0 Å². The summed E-state index contributed by atoms with van der Waals surface area (Å²) in [6.07, 6.45) is 5.95. The standard InChI is InChI=1S/C23H32N2O3/c1-17-12-18(2)14-19(13-17)22(27)24-9-7-23(8-10-24)6-5-21(26)25(16-23)15-20-4-3-11-28-20/h12-14,20H,3-11,15-16H2,1-2H3. The molecule has 3 heterocycles. The fraction of sp³-hybridized carbons (Fsp3) is 0.652. The van der Waals surface area contributed by atoms with E-state index in [1.165, 1.54) is 0 Å². The van der Waals surface area contributed by atoms with Crippen molar-refractivity contribution in [3.05, 3.63) is 34.9 Å². The van der Waals surface area contributed by atoms with Crippen LogP contribution >= 0.6 is 0 Å². The Bertz CT molecular complexity index is 726. The van der Waals surface area contributed by atoms with Gasteiger partial charge in [0.1, 0.15) is 0 Å². The van der Waals surface area contributed by atoms with E-state index in [4.69, 9.17) is 4.74 Å². The van der Waals surface area contributed by atoms with E-state index in [0.717, 1.165) is 81.6 Å². The molecular formula is C23H32N2O3. The summed E-state index contributed by atoms with van der Waals surface area (Å²) in [6, 6.07) is 6.08. The molecule has 3 fully saturated rings. The molecule has 3 saturated heterocycles. The summed E-state index contributed by atoms with van der Waals surface area (Å²) in [4.78, 5) is 29.4. The molecule has 0 radical (unpaired) electrons. The Morgan fingerprint density at radius 3 is 2.50 bits per heavy atom. The summed E-state index contributed by atoms with van der Waals surface area (Å²) in [6.45, 7) is 8.05. The first kappa shape index (κ1) is 19.4. The first-order valence-electron chi connectivity index (χ1n) is 10.7. The van der Waals surface area contributed by atoms with Crippen LogP contribution in [0.25, 0.3) is 0 Å². The highest BCUT2D eigenvalue weighted by atomic mass is 16.5. The van der Waals surface area contributed by atoms with Crippen molar-refractivity contribution in [1.29, 1.82) is 0 Å². The van der Waals surface area contributed by atoms with Crippen molar-refractivity contribution in [3.63, 3.8) is 0 Å². The smallest absolute Gasteiger partial charge is 0.253 e. The normalized spacial score (nSPS) is 24.8. The van der Waals surface area contributed by atoms with Crippen molar-refractivity contribution >= 4 is 11.8 Å². The average Bonchev–Trinajstić information content (AvgIpc) is 3.17. The van der Waals surface area contributed by atoms with Crippen molar-refractivity contribution in [3.8, 4) is 0 Å². The first-order valence-corrected chi connectivity index (χ1v) is 10.7. The van der Waals surface area contributed by atoms with Crippen molar-refractivity contribution < 1.29 is 14.3 Å². The molecule has 2 amide bonds. The topological polar surface area (TPSA) is 49.9 Å². The van der Waals surface area contributed by atoms with Crippen LogP contribution in [-0.2, 0) is 9.53 Å². The Labute approximate surface area is 168 Å². The summed E-state index contributed by atoms with van der Waals surface area (Å²) >= 11 is 0. The van der Waals surface area contributed by atoms with Crippen LogP contribution in [0, 0.1) is 19.3 Å². The molecule has 1 aromatic rings. The number of amides is 2. The summed E-state index contributed by atoms with van der Waals surface area (Å²) in [7, 11) is 0. The van der Waals surface area contributed by atoms with Crippen LogP contribution in [-0.4, -0.2) is 60.5 Å².